The van der Waals surface area contributed by atoms with Crippen molar-refractivity contribution in [3.63, 3.8) is 0 Å². The molecule has 0 saturated heterocycles. The average molecular weight is 306 g/mol. The Labute approximate surface area is 132 Å². The summed E-state index contributed by atoms with van der Waals surface area (Å²) >= 11 is 0. The highest BCUT2D eigenvalue weighted by Gasteiger charge is 2.48. The van der Waals surface area contributed by atoms with E-state index in [0.29, 0.717) is 16.7 Å². The molecular weight excluding hydrogens is 280 g/mol. The minimum atomic E-state index is -1.22. The van der Waals surface area contributed by atoms with Gasteiger partial charge < -0.3 is 9.84 Å². The van der Waals surface area contributed by atoms with Crippen LogP contribution in [0.3, 0.4) is 0 Å². The summed E-state index contributed by atoms with van der Waals surface area (Å²) in [6.45, 7) is 10.7. The zero-order valence-corrected chi connectivity index (χ0v) is 14.5. The summed E-state index contributed by atoms with van der Waals surface area (Å²) in [5.41, 5.74) is 0.655. The summed E-state index contributed by atoms with van der Waals surface area (Å²) in [6, 6.07) is 0. The van der Waals surface area contributed by atoms with Crippen LogP contribution in [0.1, 0.15) is 48.0 Å². The molecule has 1 rings (SSSR count). The maximum Gasteiger partial charge on any atom is 0.333 e. The number of ether oxygens (including phenoxy) is 1. The van der Waals surface area contributed by atoms with Crippen molar-refractivity contribution in [1.82, 2.24) is 0 Å². The predicted molar refractivity (Wildman–Crippen MR) is 86.3 cm³/mol. The molecule has 4 nitrogen and oxygen atoms in total. The molecule has 0 radical (unpaired) electrons. The molecule has 0 heterocycles. The fourth-order valence-electron chi connectivity index (χ4n) is 2.71. The highest BCUT2D eigenvalue weighted by molar-refractivity contribution is 5.97. The summed E-state index contributed by atoms with van der Waals surface area (Å²) in [6.07, 6.45) is 3.69. The van der Waals surface area contributed by atoms with E-state index in [1.165, 1.54) is 7.11 Å². The topological polar surface area (TPSA) is 63.6 Å². The van der Waals surface area contributed by atoms with Crippen LogP contribution in [0.4, 0.5) is 0 Å². The van der Waals surface area contributed by atoms with Crippen LogP contribution >= 0.6 is 0 Å². The quantitative estimate of drug-likeness (QED) is 0.494. The largest absolute Gasteiger partial charge is 0.466 e. The van der Waals surface area contributed by atoms with Gasteiger partial charge in [0.15, 0.2) is 5.78 Å². The van der Waals surface area contributed by atoms with Gasteiger partial charge in [-0.25, -0.2) is 4.79 Å². The fourth-order valence-corrected chi connectivity index (χ4v) is 2.71. The first-order valence-corrected chi connectivity index (χ1v) is 7.36. The normalized spacial score (nSPS) is 26.3. The monoisotopic (exact) mass is 306 g/mol. The molecular formula is C18H26O4. The molecule has 0 spiro atoms. The van der Waals surface area contributed by atoms with Crippen molar-refractivity contribution >= 4 is 11.8 Å². The van der Waals surface area contributed by atoms with Crippen molar-refractivity contribution in [3.8, 4) is 0 Å². The van der Waals surface area contributed by atoms with E-state index in [0.717, 1.165) is 5.57 Å². The van der Waals surface area contributed by atoms with Crippen LogP contribution in [0.5, 0.6) is 0 Å². The first-order valence-electron chi connectivity index (χ1n) is 7.36. The maximum atomic E-state index is 12.0. The van der Waals surface area contributed by atoms with Crippen molar-refractivity contribution < 1.29 is 19.4 Å². The van der Waals surface area contributed by atoms with E-state index in [1.54, 1.807) is 39.8 Å². The number of aliphatic hydroxyl groups is 1. The summed E-state index contributed by atoms with van der Waals surface area (Å²) in [7, 11) is 1.34. The van der Waals surface area contributed by atoms with Crippen LogP contribution in [0, 0.1) is 5.41 Å². The van der Waals surface area contributed by atoms with E-state index >= 15 is 0 Å². The lowest BCUT2D eigenvalue weighted by atomic mass is 9.62. The summed E-state index contributed by atoms with van der Waals surface area (Å²) < 4.78 is 4.70. The van der Waals surface area contributed by atoms with Crippen LogP contribution in [0.2, 0.25) is 0 Å². The van der Waals surface area contributed by atoms with Crippen molar-refractivity contribution in [2.75, 3.05) is 7.11 Å². The van der Waals surface area contributed by atoms with Gasteiger partial charge in [-0.3, -0.25) is 4.79 Å². The number of rotatable bonds is 3. The highest BCUT2D eigenvalue weighted by Crippen LogP contribution is 2.46. The third-order valence-electron chi connectivity index (χ3n) is 4.84. The molecule has 1 unspecified atom stereocenters. The molecule has 0 fully saturated rings. The van der Waals surface area contributed by atoms with Crippen LogP contribution in [0.15, 0.2) is 34.4 Å². The Hall–Kier alpha value is -1.68. The molecule has 0 amide bonds. The number of carbonyl (C=O) groups excluding carboxylic acids is 2. The van der Waals surface area contributed by atoms with Gasteiger partial charge in [0.2, 0.25) is 0 Å². The Balaban J connectivity index is 3.32. The molecule has 22 heavy (non-hydrogen) atoms. The van der Waals surface area contributed by atoms with Crippen LogP contribution in [-0.2, 0) is 14.3 Å². The second-order valence-corrected chi connectivity index (χ2v) is 6.63. The van der Waals surface area contributed by atoms with E-state index in [4.69, 9.17) is 4.74 Å². The third-order valence-corrected chi connectivity index (χ3v) is 4.84. The minimum Gasteiger partial charge on any atom is -0.466 e. The van der Waals surface area contributed by atoms with Gasteiger partial charge in [-0.15, -0.1) is 0 Å². The Morgan fingerprint density at radius 1 is 1.27 bits per heavy atom. The van der Waals surface area contributed by atoms with Crippen molar-refractivity contribution in [2.24, 2.45) is 5.41 Å². The molecule has 0 aromatic rings. The Morgan fingerprint density at radius 2 is 1.82 bits per heavy atom. The molecule has 0 aromatic heterocycles. The molecule has 0 bridgehead atoms. The number of hydrogen-bond donors (Lipinski definition) is 1. The molecule has 0 aromatic carbocycles. The van der Waals surface area contributed by atoms with Gasteiger partial charge in [-0.1, -0.05) is 19.9 Å². The zero-order valence-electron chi connectivity index (χ0n) is 14.5. The van der Waals surface area contributed by atoms with E-state index in [1.807, 2.05) is 13.8 Å². The van der Waals surface area contributed by atoms with Gasteiger partial charge in [0.25, 0.3) is 0 Å². The summed E-state index contributed by atoms with van der Waals surface area (Å²) in [4.78, 5) is 23.6. The Morgan fingerprint density at radius 3 is 2.32 bits per heavy atom. The van der Waals surface area contributed by atoms with E-state index < -0.39 is 17.0 Å². The SMILES string of the molecule is COC(=O)/C(C)=C(C)\C=C\C1(O)C(C)=C(C)C(=O)CC1(C)C. The molecule has 0 aliphatic heterocycles. The number of ketones is 1. The summed E-state index contributed by atoms with van der Waals surface area (Å²) in [5.74, 6) is -0.325. The smallest absolute Gasteiger partial charge is 0.333 e. The highest BCUT2D eigenvalue weighted by atomic mass is 16.5. The second kappa shape index (κ2) is 6.21. The van der Waals surface area contributed by atoms with Crippen LogP contribution in [-0.4, -0.2) is 29.6 Å². The molecule has 122 valence electrons. The van der Waals surface area contributed by atoms with E-state index in [9.17, 15) is 14.7 Å². The van der Waals surface area contributed by atoms with Gasteiger partial charge in [0, 0.05) is 17.4 Å². The van der Waals surface area contributed by atoms with Gasteiger partial charge >= 0.3 is 5.97 Å². The number of esters is 1. The third kappa shape index (κ3) is 3.07. The number of methoxy groups -OCH3 is 1. The van der Waals surface area contributed by atoms with E-state index in [2.05, 4.69) is 0 Å². The lowest BCUT2D eigenvalue weighted by molar-refractivity contribution is -0.136. The molecule has 1 atom stereocenters. The van der Waals surface area contributed by atoms with Gasteiger partial charge in [-0.05, 0) is 50.5 Å². The average Bonchev–Trinajstić information content (AvgIpc) is 2.46. The van der Waals surface area contributed by atoms with Crippen molar-refractivity contribution in [2.45, 2.75) is 53.6 Å². The molecule has 1 aliphatic carbocycles. The first-order chi connectivity index (χ1) is 9.98. The van der Waals surface area contributed by atoms with Crippen LogP contribution in [0.25, 0.3) is 0 Å². The molecule has 1 aliphatic rings. The lowest BCUT2D eigenvalue weighted by Gasteiger charge is -2.45. The first kappa shape index (κ1) is 18.4. The number of hydrogen-bond acceptors (Lipinski definition) is 4. The second-order valence-electron chi connectivity index (χ2n) is 6.63. The summed E-state index contributed by atoms with van der Waals surface area (Å²) in [5, 5.41) is 11.1. The molecule has 0 saturated carbocycles. The van der Waals surface area contributed by atoms with Crippen LogP contribution < -0.4 is 0 Å². The molecule has 4 heteroatoms. The van der Waals surface area contributed by atoms with Gasteiger partial charge in [0.05, 0.1) is 7.11 Å². The predicted octanol–water partition coefficient (Wildman–Crippen LogP) is 3.12. The van der Waals surface area contributed by atoms with E-state index in [-0.39, 0.29) is 12.2 Å². The van der Waals surface area contributed by atoms with Gasteiger partial charge in [0.1, 0.15) is 5.60 Å². The van der Waals surface area contributed by atoms with Crippen molar-refractivity contribution in [3.05, 3.63) is 34.4 Å². The lowest BCUT2D eigenvalue weighted by Crippen LogP contribution is -2.49. The minimum absolute atomic E-state index is 0.0681. The van der Waals surface area contributed by atoms with Crippen molar-refractivity contribution in [1.29, 1.82) is 0 Å². The maximum absolute atomic E-state index is 12.0. The Kier molecular flexibility index (Phi) is 5.18. The standard InChI is InChI=1S/C18H26O4/c1-11(12(2)16(20)22-7)8-9-18(21)14(4)13(3)15(19)10-17(18,5)6/h8-9,21H,10H2,1-7H3/b9-8+,12-11-. The number of Topliss-reactive ketones (excluding diaryl/α,β-unsaturated/α-hetero) is 1. The molecule has 1 N–H and O–H groups in total. The fraction of sp³-hybridized carbons (Fsp3) is 0.556. The number of allylic oxidation sites excluding steroid dienone is 3. The zero-order chi connectivity index (χ0) is 17.3. The van der Waals surface area contributed by atoms with Gasteiger partial charge in [-0.2, -0.15) is 0 Å². The Bertz CT molecular complexity index is 590. The number of carbonyl (C=O) groups is 2.